The molecule has 0 bridgehead atoms. The minimum absolute atomic E-state index is 0.0698. The SMILES string of the molecule is C[C@@H](OC(=O)c1nn(C)c(=O)c2ccccc12)/C(O)=C(\C#N)c1nc2ccccc2[nH]1. The first-order valence-corrected chi connectivity index (χ1v) is 9.36. The molecular formula is C22H17N5O4. The summed E-state index contributed by atoms with van der Waals surface area (Å²) >= 11 is 0. The number of aromatic nitrogens is 4. The number of para-hydroxylation sites is 2. The molecule has 0 amide bonds. The molecule has 0 aliphatic rings. The molecule has 2 N–H and O–H groups in total. The molecule has 9 nitrogen and oxygen atoms in total. The van der Waals surface area contributed by atoms with Crippen LogP contribution in [0.15, 0.2) is 59.1 Å². The van der Waals surface area contributed by atoms with E-state index >= 15 is 0 Å². The molecule has 0 aliphatic heterocycles. The van der Waals surface area contributed by atoms with Crippen LogP contribution < -0.4 is 5.56 Å². The topological polar surface area (TPSA) is 134 Å². The van der Waals surface area contributed by atoms with Gasteiger partial charge in [0.2, 0.25) is 0 Å². The van der Waals surface area contributed by atoms with E-state index in [0.717, 1.165) is 4.68 Å². The number of H-pyrrole nitrogens is 1. The molecule has 154 valence electrons. The van der Waals surface area contributed by atoms with Crippen molar-refractivity contribution in [3.05, 3.63) is 76.2 Å². The number of ether oxygens (including phenoxy) is 1. The van der Waals surface area contributed by atoms with Crippen LogP contribution in [0.1, 0.15) is 23.2 Å². The Bertz CT molecular complexity index is 1430. The van der Waals surface area contributed by atoms with Crippen LogP contribution >= 0.6 is 0 Å². The van der Waals surface area contributed by atoms with Crippen LogP contribution in [-0.4, -0.2) is 36.9 Å². The molecule has 0 radical (unpaired) electrons. The first kappa shape index (κ1) is 19.8. The molecule has 0 saturated heterocycles. The number of imidazole rings is 1. The van der Waals surface area contributed by atoms with Gasteiger partial charge in [0.1, 0.15) is 11.6 Å². The number of fused-ring (bicyclic) bond motifs is 2. The first-order valence-electron chi connectivity index (χ1n) is 9.36. The summed E-state index contributed by atoms with van der Waals surface area (Å²) in [6, 6.07) is 15.6. The Labute approximate surface area is 175 Å². The molecular weight excluding hydrogens is 398 g/mol. The van der Waals surface area contributed by atoms with Gasteiger partial charge in [0.25, 0.3) is 5.56 Å². The Kier molecular flexibility index (Phi) is 4.97. The minimum Gasteiger partial charge on any atom is -0.507 e. The fraction of sp³-hybridized carbons (Fsp3) is 0.136. The number of nitrogens with one attached hydrogen (secondary N) is 1. The number of carbonyl (C=O) groups is 1. The lowest BCUT2D eigenvalue weighted by Gasteiger charge is -2.14. The number of nitrogens with zero attached hydrogens (tertiary/aromatic N) is 4. The first-order chi connectivity index (χ1) is 14.9. The van der Waals surface area contributed by atoms with E-state index in [1.807, 2.05) is 12.1 Å². The number of esters is 1. The average Bonchev–Trinajstić information content (AvgIpc) is 3.20. The van der Waals surface area contributed by atoms with Crippen molar-refractivity contribution in [1.29, 1.82) is 5.26 Å². The second kappa shape index (κ2) is 7.76. The number of allylic oxidation sites excluding steroid dienone is 1. The average molecular weight is 415 g/mol. The van der Waals surface area contributed by atoms with Crippen LogP contribution in [0.4, 0.5) is 0 Å². The minimum atomic E-state index is -1.16. The largest absolute Gasteiger partial charge is 0.507 e. The number of hydrogen-bond acceptors (Lipinski definition) is 7. The van der Waals surface area contributed by atoms with E-state index in [1.54, 1.807) is 42.5 Å². The van der Waals surface area contributed by atoms with Gasteiger partial charge in [-0.05, 0) is 25.1 Å². The van der Waals surface area contributed by atoms with Crippen molar-refractivity contribution >= 4 is 33.3 Å². The maximum absolute atomic E-state index is 12.8. The number of aromatic amines is 1. The van der Waals surface area contributed by atoms with Crippen molar-refractivity contribution < 1.29 is 14.6 Å². The zero-order chi connectivity index (χ0) is 22.1. The number of nitriles is 1. The smallest absolute Gasteiger partial charge is 0.360 e. The molecule has 4 rings (SSSR count). The summed E-state index contributed by atoms with van der Waals surface area (Å²) in [4.78, 5) is 32.3. The number of aliphatic hydroxyl groups excluding tert-OH is 1. The van der Waals surface area contributed by atoms with Gasteiger partial charge in [-0.2, -0.15) is 10.4 Å². The van der Waals surface area contributed by atoms with Crippen LogP contribution in [0.2, 0.25) is 0 Å². The number of hydrogen-bond donors (Lipinski definition) is 2. The maximum Gasteiger partial charge on any atom is 0.360 e. The van der Waals surface area contributed by atoms with E-state index in [4.69, 9.17) is 4.74 Å². The van der Waals surface area contributed by atoms with E-state index < -0.39 is 17.8 Å². The normalized spacial score (nSPS) is 12.9. The monoisotopic (exact) mass is 415 g/mol. The highest BCUT2D eigenvalue weighted by Gasteiger charge is 2.24. The van der Waals surface area contributed by atoms with Crippen LogP contribution in [0, 0.1) is 11.3 Å². The summed E-state index contributed by atoms with van der Waals surface area (Å²) in [7, 11) is 1.43. The van der Waals surface area contributed by atoms with Crippen molar-refractivity contribution in [3.63, 3.8) is 0 Å². The van der Waals surface area contributed by atoms with Crippen LogP contribution in [0.5, 0.6) is 0 Å². The number of aliphatic hydroxyl groups is 1. The van der Waals surface area contributed by atoms with Crippen LogP contribution in [-0.2, 0) is 11.8 Å². The zero-order valence-electron chi connectivity index (χ0n) is 16.7. The molecule has 31 heavy (non-hydrogen) atoms. The summed E-state index contributed by atoms with van der Waals surface area (Å²) in [6.07, 6.45) is -1.16. The molecule has 0 unspecified atom stereocenters. The van der Waals surface area contributed by atoms with Crippen LogP contribution in [0.3, 0.4) is 0 Å². The molecule has 1 atom stereocenters. The lowest BCUT2D eigenvalue weighted by Crippen LogP contribution is -2.26. The highest BCUT2D eigenvalue weighted by molar-refractivity contribution is 6.02. The molecule has 9 heteroatoms. The van der Waals surface area contributed by atoms with Gasteiger partial charge in [-0.1, -0.05) is 30.3 Å². The molecule has 0 spiro atoms. The second-order valence-electron chi connectivity index (χ2n) is 6.85. The maximum atomic E-state index is 12.8. The molecule has 0 saturated carbocycles. The highest BCUT2D eigenvalue weighted by atomic mass is 16.6. The van der Waals surface area contributed by atoms with Crippen molar-refractivity contribution in [2.75, 3.05) is 0 Å². The Balaban J connectivity index is 1.68. The quantitative estimate of drug-likeness (QED) is 0.297. The van der Waals surface area contributed by atoms with Gasteiger partial charge in [0, 0.05) is 12.4 Å². The van der Waals surface area contributed by atoms with E-state index in [9.17, 15) is 20.0 Å². The van der Waals surface area contributed by atoms with Gasteiger partial charge in [-0.15, -0.1) is 0 Å². The number of carbonyl (C=O) groups excluding carboxylic acids is 1. The van der Waals surface area contributed by atoms with Crippen molar-refractivity contribution in [2.24, 2.45) is 7.05 Å². The molecule has 2 aromatic heterocycles. The van der Waals surface area contributed by atoms with Crippen molar-refractivity contribution in [2.45, 2.75) is 13.0 Å². The molecule has 2 heterocycles. The third-order valence-electron chi connectivity index (χ3n) is 4.81. The van der Waals surface area contributed by atoms with Gasteiger partial charge in [0.05, 0.1) is 16.4 Å². The Morgan fingerprint density at radius 2 is 1.87 bits per heavy atom. The van der Waals surface area contributed by atoms with E-state index in [-0.39, 0.29) is 22.7 Å². The van der Waals surface area contributed by atoms with E-state index in [1.165, 1.54) is 14.0 Å². The fourth-order valence-corrected chi connectivity index (χ4v) is 3.23. The molecule has 0 fully saturated rings. The third-order valence-corrected chi connectivity index (χ3v) is 4.81. The molecule has 0 aliphatic carbocycles. The number of benzene rings is 2. The van der Waals surface area contributed by atoms with Gasteiger partial charge < -0.3 is 14.8 Å². The zero-order valence-corrected chi connectivity index (χ0v) is 16.7. The highest BCUT2D eigenvalue weighted by Crippen LogP contribution is 2.22. The van der Waals surface area contributed by atoms with Crippen LogP contribution in [0.25, 0.3) is 27.4 Å². The molecule has 2 aromatic carbocycles. The third kappa shape index (κ3) is 3.51. The summed E-state index contributed by atoms with van der Waals surface area (Å²) in [5.74, 6) is -1.13. The molecule has 4 aromatic rings. The number of aryl methyl sites for hydroxylation is 1. The Morgan fingerprint density at radius 3 is 2.58 bits per heavy atom. The Morgan fingerprint density at radius 1 is 1.19 bits per heavy atom. The number of rotatable bonds is 4. The second-order valence-corrected chi connectivity index (χ2v) is 6.85. The van der Waals surface area contributed by atoms with E-state index in [0.29, 0.717) is 21.8 Å². The summed E-state index contributed by atoms with van der Waals surface area (Å²) in [6.45, 7) is 1.43. The van der Waals surface area contributed by atoms with Gasteiger partial charge >= 0.3 is 5.97 Å². The van der Waals surface area contributed by atoms with Gasteiger partial charge in [-0.25, -0.2) is 14.5 Å². The van der Waals surface area contributed by atoms with Gasteiger partial charge in [0.15, 0.2) is 23.4 Å². The fourth-order valence-electron chi connectivity index (χ4n) is 3.23. The predicted octanol–water partition coefficient (Wildman–Crippen LogP) is 2.85. The predicted molar refractivity (Wildman–Crippen MR) is 113 cm³/mol. The van der Waals surface area contributed by atoms with Crippen molar-refractivity contribution in [1.82, 2.24) is 19.7 Å². The summed E-state index contributed by atoms with van der Waals surface area (Å²) < 4.78 is 6.41. The lowest BCUT2D eigenvalue weighted by atomic mass is 10.1. The summed E-state index contributed by atoms with van der Waals surface area (Å²) in [5, 5.41) is 24.8. The van der Waals surface area contributed by atoms with Gasteiger partial charge in [-0.3, -0.25) is 4.79 Å². The lowest BCUT2D eigenvalue weighted by molar-refractivity contribution is 0.0327. The summed E-state index contributed by atoms with van der Waals surface area (Å²) in [5.41, 5.74) is 0.765. The standard InChI is InChI=1S/C22H17N5O4/c1-12(19(28)15(11-23)20-24-16-9-5-6-10-17(16)25-20)31-22(30)18-13-7-3-4-8-14(13)21(29)27(2)26-18/h3-10,12,28H,1-2H3,(H,24,25)/b19-15-/t12-/m1/s1. The van der Waals surface area contributed by atoms with Crippen molar-refractivity contribution in [3.8, 4) is 6.07 Å². The Hall–Kier alpha value is -4.45. The van der Waals surface area contributed by atoms with E-state index in [2.05, 4.69) is 15.1 Å².